The van der Waals surface area contributed by atoms with Crippen molar-refractivity contribution < 1.29 is 52.8 Å². The fraction of sp³-hybridized carbons (Fsp3) is 0.469. The molecule has 0 saturated heterocycles. The summed E-state index contributed by atoms with van der Waals surface area (Å²) < 4.78 is 22.1. The topological polar surface area (TPSA) is 237 Å². The van der Waals surface area contributed by atoms with Gasteiger partial charge in [-0.1, -0.05) is 68.2 Å². The van der Waals surface area contributed by atoms with Crippen molar-refractivity contribution in [1.29, 1.82) is 0 Å². The summed E-state index contributed by atoms with van der Waals surface area (Å²) in [7, 11) is 0. The Morgan fingerprint density at radius 3 is 2.00 bits per heavy atom. The zero-order chi connectivity index (χ0) is 47.5. The second-order valence-electron chi connectivity index (χ2n) is 15.9. The predicted molar refractivity (Wildman–Crippen MR) is 248 cm³/mol. The second-order valence-corrected chi connectivity index (χ2v) is 15.9. The van der Waals surface area contributed by atoms with Gasteiger partial charge in [-0.15, -0.1) is 0 Å². The van der Waals surface area contributed by atoms with Crippen LogP contribution < -0.4 is 31.9 Å². The van der Waals surface area contributed by atoms with Crippen LogP contribution in [0.5, 0.6) is 0 Å². The van der Waals surface area contributed by atoms with Gasteiger partial charge in [-0.2, -0.15) is 0 Å². The molecule has 3 aromatic rings. The van der Waals surface area contributed by atoms with E-state index in [1.54, 1.807) is 29.2 Å². The van der Waals surface area contributed by atoms with Gasteiger partial charge in [0.25, 0.3) is 0 Å². The Kier molecular flexibility index (Phi) is 23.4. The molecule has 0 aliphatic carbocycles. The lowest BCUT2D eigenvalue weighted by Crippen LogP contribution is -2.45. The number of hydrogen-bond donors (Lipinski definition) is 6. The van der Waals surface area contributed by atoms with Crippen LogP contribution >= 0.6 is 0 Å². The fourth-order valence-electron chi connectivity index (χ4n) is 6.90. The number of carbonyl (C=O) groups is 6. The molecular formula is C49H64N6O11. The number of hydrogen-bond acceptors (Lipinski definition) is 11. The average Bonchev–Trinajstić information content (AvgIpc) is 3.30. The minimum atomic E-state index is -0.820. The summed E-state index contributed by atoms with van der Waals surface area (Å²) in [5, 5.41) is 20.2. The van der Waals surface area contributed by atoms with Gasteiger partial charge in [-0.25, -0.2) is 4.79 Å². The zero-order valence-corrected chi connectivity index (χ0v) is 37.9. The van der Waals surface area contributed by atoms with Crippen LogP contribution in [0.1, 0.15) is 74.6 Å². The highest BCUT2D eigenvalue weighted by Gasteiger charge is 2.29. The number of para-hydroxylation sites is 1. The van der Waals surface area contributed by atoms with Crippen molar-refractivity contribution in [2.45, 2.75) is 71.6 Å². The molecule has 356 valence electrons. The highest BCUT2D eigenvalue weighted by Crippen LogP contribution is 2.26. The lowest BCUT2D eigenvalue weighted by Gasteiger charge is -2.26. The number of benzene rings is 3. The van der Waals surface area contributed by atoms with Gasteiger partial charge in [0.05, 0.1) is 77.7 Å². The van der Waals surface area contributed by atoms with Crippen LogP contribution in [0.15, 0.2) is 72.8 Å². The van der Waals surface area contributed by atoms with E-state index >= 15 is 0 Å². The maximum Gasteiger partial charge on any atom is 0.312 e. The number of nitrogens with one attached hydrogen (secondary N) is 4. The summed E-state index contributed by atoms with van der Waals surface area (Å²) in [5.41, 5.74) is 9.67. The third-order valence-corrected chi connectivity index (χ3v) is 10.5. The third-order valence-electron chi connectivity index (χ3n) is 10.5. The molecule has 0 fully saturated rings. The Morgan fingerprint density at radius 2 is 1.33 bits per heavy atom. The number of urea groups is 1. The Morgan fingerprint density at radius 1 is 0.712 bits per heavy atom. The smallest absolute Gasteiger partial charge is 0.312 e. The quantitative estimate of drug-likeness (QED) is 0.0418. The van der Waals surface area contributed by atoms with E-state index in [-0.39, 0.29) is 94.0 Å². The number of rotatable bonds is 30. The molecule has 0 saturated carbocycles. The number of nitrogens with two attached hydrogens (primary N) is 1. The van der Waals surface area contributed by atoms with E-state index in [1.165, 1.54) is 0 Å². The van der Waals surface area contributed by atoms with Gasteiger partial charge in [0, 0.05) is 61.5 Å². The van der Waals surface area contributed by atoms with Crippen LogP contribution in [0.25, 0.3) is 0 Å². The molecule has 17 nitrogen and oxygen atoms in total. The number of nitrogens with zero attached hydrogens (tertiary/aromatic N) is 1. The first-order valence-electron chi connectivity index (χ1n) is 22.4. The standard InChI is InChI=1S/C49H64N6O11/c1-35(2)47(43(57)32-39(11-7-22-52-49(50)62)48(61)53-41-17-13-36(34-56)14-18-41)54-45(59)21-24-63-26-28-65-30-31-66-29-27-64-25-23-51-44(58)19-20-46(60)55-33-40-10-4-3-8-37(40)15-16-38-9-5-6-12-42(38)55/h3-6,8-10,12-14,17-18,35,39,47,56H,7,11,19-34H2,1-2H3,(H,51,58)(H,53,61)(H,54,59)(H3,50,52,62)/t39-,47+/m1/s1. The van der Waals surface area contributed by atoms with Gasteiger partial charge < -0.3 is 56.0 Å². The maximum absolute atomic E-state index is 13.5. The summed E-state index contributed by atoms with van der Waals surface area (Å²) in [5.74, 6) is 3.98. The van der Waals surface area contributed by atoms with Gasteiger partial charge >= 0.3 is 6.03 Å². The van der Waals surface area contributed by atoms with Crippen LogP contribution in [0.2, 0.25) is 0 Å². The number of primary amides is 1. The SMILES string of the molecule is CC(C)[C@H](NC(=O)CCOCCOCCOCCOCCNC(=O)CCC(=O)N1Cc2ccccc2C#Cc2ccccc21)C(=O)C[C@@H](CCCNC(N)=O)C(=O)Nc1ccc(CO)cc1. The van der Waals surface area contributed by atoms with Crippen molar-refractivity contribution in [2.75, 3.05) is 76.2 Å². The number of ketones is 1. The Bertz CT molecular complexity index is 2100. The van der Waals surface area contributed by atoms with E-state index in [2.05, 4.69) is 33.1 Å². The van der Waals surface area contributed by atoms with Crippen LogP contribution in [0.4, 0.5) is 16.2 Å². The molecule has 0 aromatic heterocycles. The predicted octanol–water partition coefficient (Wildman–Crippen LogP) is 3.58. The van der Waals surface area contributed by atoms with Crippen LogP contribution in [0, 0.1) is 23.7 Å². The first-order valence-corrected chi connectivity index (χ1v) is 22.4. The van der Waals surface area contributed by atoms with Crippen LogP contribution in [-0.2, 0) is 56.1 Å². The number of Topliss-reactive ketones (excluding diaryl/α,β-unsaturated/α-hetero) is 1. The summed E-state index contributed by atoms with van der Waals surface area (Å²) in [6.07, 6.45) is 0.700. The third kappa shape index (κ3) is 19.1. The molecule has 4 rings (SSSR count). The summed E-state index contributed by atoms with van der Waals surface area (Å²) in [6, 6.07) is 20.4. The molecular weight excluding hydrogens is 849 g/mol. The molecule has 1 heterocycles. The molecule has 1 aliphatic heterocycles. The Balaban J connectivity index is 1.01. The van der Waals surface area contributed by atoms with Crippen molar-refractivity contribution in [1.82, 2.24) is 16.0 Å². The van der Waals surface area contributed by atoms with Crippen molar-refractivity contribution in [3.8, 4) is 11.8 Å². The molecule has 6 amide bonds. The van der Waals surface area contributed by atoms with Crippen molar-refractivity contribution in [2.24, 2.45) is 17.6 Å². The number of fused-ring (bicyclic) bond motifs is 2. The molecule has 66 heavy (non-hydrogen) atoms. The van der Waals surface area contributed by atoms with E-state index < -0.39 is 18.0 Å². The molecule has 0 radical (unpaired) electrons. The second kappa shape index (κ2) is 29.4. The number of carbonyl (C=O) groups excluding carboxylic acids is 6. The van der Waals surface area contributed by atoms with Crippen molar-refractivity contribution in [3.05, 3.63) is 95.1 Å². The molecule has 0 spiro atoms. The van der Waals surface area contributed by atoms with E-state index in [1.807, 2.05) is 62.4 Å². The van der Waals surface area contributed by atoms with Crippen LogP contribution in [0.3, 0.4) is 0 Å². The van der Waals surface area contributed by atoms with Gasteiger partial charge in [0.15, 0.2) is 5.78 Å². The van der Waals surface area contributed by atoms with E-state index in [4.69, 9.17) is 24.7 Å². The molecule has 2 atom stereocenters. The summed E-state index contributed by atoms with van der Waals surface area (Å²) >= 11 is 0. The summed E-state index contributed by atoms with van der Waals surface area (Å²) in [4.78, 5) is 78.2. The Labute approximate surface area is 386 Å². The number of ether oxygens (including phenoxy) is 4. The normalized spacial score (nSPS) is 12.6. The maximum atomic E-state index is 13.5. The summed E-state index contributed by atoms with van der Waals surface area (Å²) in [6.45, 7) is 6.68. The van der Waals surface area contributed by atoms with Gasteiger partial charge in [0.1, 0.15) is 0 Å². The first kappa shape index (κ1) is 52.5. The monoisotopic (exact) mass is 912 g/mol. The lowest BCUT2D eigenvalue weighted by atomic mass is 9.89. The molecule has 1 aliphatic rings. The van der Waals surface area contributed by atoms with Gasteiger partial charge in [-0.05, 0) is 60.2 Å². The van der Waals surface area contributed by atoms with Crippen molar-refractivity contribution >= 4 is 46.8 Å². The van der Waals surface area contributed by atoms with Gasteiger partial charge in [0.2, 0.25) is 23.6 Å². The number of aliphatic hydroxyl groups is 1. The number of anilines is 2. The van der Waals surface area contributed by atoms with Gasteiger partial charge in [-0.3, -0.25) is 24.0 Å². The molecule has 3 aromatic carbocycles. The van der Waals surface area contributed by atoms with Crippen LogP contribution in [-0.4, -0.2) is 113 Å². The number of amides is 6. The minimum Gasteiger partial charge on any atom is -0.392 e. The first-order chi connectivity index (χ1) is 31.9. The van der Waals surface area contributed by atoms with Crippen molar-refractivity contribution in [3.63, 3.8) is 0 Å². The lowest BCUT2D eigenvalue weighted by molar-refractivity contribution is -0.131. The molecule has 17 heteroatoms. The highest BCUT2D eigenvalue weighted by atomic mass is 16.6. The average molecular weight is 913 g/mol. The molecule has 7 N–H and O–H groups in total. The molecule has 0 bridgehead atoms. The van der Waals surface area contributed by atoms with E-state index in [9.17, 15) is 33.9 Å². The molecule has 0 unspecified atom stereocenters. The largest absolute Gasteiger partial charge is 0.392 e. The van der Waals surface area contributed by atoms with E-state index in [0.717, 1.165) is 22.4 Å². The zero-order valence-electron chi connectivity index (χ0n) is 37.9. The Hall–Kier alpha value is -6.16. The fourth-order valence-corrected chi connectivity index (χ4v) is 6.90. The minimum absolute atomic E-state index is 0.0237. The number of aliphatic hydroxyl groups excluding tert-OH is 1. The van der Waals surface area contributed by atoms with E-state index in [0.29, 0.717) is 70.2 Å². The highest BCUT2D eigenvalue weighted by molar-refractivity contribution is 5.98.